The van der Waals surface area contributed by atoms with E-state index in [9.17, 15) is 9.90 Å². The summed E-state index contributed by atoms with van der Waals surface area (Å²) in [6.45, 7) is 7.39. The monoisotopic (exact) mass is 431 g/mol. The minimum Gasteiger partial charge on any atom is -0.507 e. The molecule has 3 heterocycles. The number of piperazine rings is 1. The number of piperidine rings is 1. The summed E-state index contributed by atoms with van der Waals surface area (Å²) in [6, 6.07) is 7.94. The third-order valence-corrected chi connectivity index (χ3v) is 6.55. The minimum atomic E-state index is -0.437. The van der Waals surface area contributed by atoms with Gasteiger partial charge in [-0.3, -0.25) is 14.7 Å². The van der Waals surface area contributed by atoms with Crippen molar-refractivity contribution >= 4 is 11.6 Å². The zero-order valence-electron chi connectivity index (χ0n) is 17.4. The summed E-state index contributed by atoms with van der Waals surface area (Å²) in [4.78, 5) is 19.2. The van der Waals surface area contributed by atoms with Crippen LogP contribution in [0, 0.1) is 0 Å². The molecule has 0 spiro atoms. The topological polar surface area (TPSA) is 60.2 Å². The van der Waals surface area contributed by atoms with Crippen LogP contribution in [0.15, 0.2) is 39.7 Å². The van der Waals surface area contributed by atoms with Crippen LogP contribution in [0.5, 0.6) is 5.75 Å². The molecule has 2 saturated heterocycles. The first kappa shape index (κ1) is 21.4. The highest BCUT2D eigenvalue weighted by Crippen LogP contribution is 2.25. The molecular formula is C23H30ClN3O3. The van der Waals surface area contributed by atoms with Crippen molar-refractivity contribution in [2.75, 3.05) is 39.3 Å². The fourth-order valence-electron chi connectivity index (χ4n) is 4.35. The van der Waals surface area contributed by atoms with Crippen LogP contribution in [-0.4, -0.2) is 59.1 Å². The van der Waals surface area contributed by atoms with E-state index in [1.165, 1.54) is 25.5 Å². The highest BCUT2D eigenvalue weighted by molar-refractivity contribution is 6.31. The molecular weight excluding hydrogens is 402 g/mol. The molecule has 0 unspecified atom stereocenters. The molecule has 6 nitrogen and oxygen atoms in total. The Balaban J connectivity index is 1.36. The number of rotatable bonds is 6. The Bertz CT molecular complexity index is 903. The summed E-state index contributed by atoms with van der Waals surface area (Å²) in [5.74, 6) is 0.107. The molecule has 0 bridgehead atoms. The Kier molecular flexibility index (Phi) is 7.10. The molecule has 1 aromatic carbocycles. The standard InChI is InChI=1S/C23H30ClN3O3/c24-21-7-3-2-6-18(21)14-26-10-12-27(13-11-26)16-20-22(28)19(17-30-23(20)29)15-25-8-4-1-5-9-25/h2-3,6-7,17,28H,1,4-5,8-16H2. The average Bonchev–Trinajstić information content (AvgIpc) is 2.77. The highest BCUT2D eigenvalue weighted by atomic mass is 35.5. The fourth-order valence-corrected chi connectivity index (χ4v) is 4.54. The summed E-state index contributed by atoms with van der Waals surface area (Å²) in [7, 11) is 0. The van der Waals surface area contributed by atoms with E-state index in [1.807, 2.05) is 18.2 Å². The maximum Gasteiger partial charge on any atom is 0.343 e. The third kappa shape index (κ3) is 5.24. The smallest absolute Gasteiger partial charge is 0.343 e. The Morgan fingerprint density at radius 2 is 1.43 bits per heavy atom. The van der Waals surface area contributed by atoms with Crippen LogP contribution in [0.4, 0.5) is 0 Å². The van der Waals surface area contributed by atoms with Gasteiger partial charge < -0.3 is 9.52 Å². The molecule has 0 amide bonds. The number of benzene rings is 1. The predicted octanol–water partition coefficient (Wildman–Crippen LogP) is 3.30. The molecule has 162 valence electrons. The van der Waals surface area contributed by atoms with Gasteiger partial charge in [0.05, 0.1) is 5.56 Å². The first-order valence-corrected chi connectivity index (χ1v) is 11.2. The Morgan fingerprint density at radius 3 is 2.13 bits per heavy atom. The van der Waals surface area contributed by atoms with Gasteiger partial charge in [0.1, 0.15) is 12.0 Å². The Labute approximate surface area is 182 Å². The van der Waals surface area contributed by atoms with Crippen LogP contribution in [0.25, 0.3) is 0 Å². The lowest BCUT2D eigenvalue weighted by atomic mass is 10.1. The molecule has 2 aliphatic heterocycles. The van der Waals surface area contributed by atoms with Crippen molar-refractivity contribution in [3.8, 4) is 5.75 Å². The maximum atomic E-state index is 12.3. The van der Waals surface area contributed by atoms with Crippen molar-refractivity contribution in [2.45, 2.75) is 38.9 Å². The van der Waals surface area contributed by atoms with Crippen molar-refractivity contribution in [3.63, 3.8) is 0 Å². The van der Waals surface area contributed by atoms with Gasteiger partial charge in [-0.1, -0.05) is 36.2 Å². The van der Waals surface area contributed by atoms with Gasteiger partial charge in [-0.2, -0.15) is 0 Å². The van der Waals surface area contributed by atoms with Gasteiger partial charge >= 0.3 is 5.63 Å². The van der Waals surface area contributed by atoms with E-state index in [-0.39, 0.29) is 5.75 Å². The number of halogens is 1. The summed E-state index contributed by atoms with van der Waals surface area (Å²) < 4.78 is 5.27. The number of aromatic hydroxyl groups is 1. The van der Waals surface area contributed by atoms with E-state index in [0.717, 1.165) is 56.4 Å². The number of hydrogen-bond acceptors (Lipinski definition) is 6. The van der Waals surface area contributed by atoms with Crippen molar-refractivity contribution < 1.29 is 9.52 Å². The molecule has 4 rings (SSSR count). The summed E-state index contributed by atoms with van der Waals surface area (Å²) in [6.07, 6.45) is 5.06. The predicted molar refractivity (Wildman–Crippen MR) is 118 cm³/mol. The van der Waals surface area contributed by atoms with Crippen LogP contribution in [0.1, 0.15) is 36.0 Å². The lowest BCUT2D eigenvalue weighted by molar-refractivity contribution is 0.120. The van der Waals surface area contributed by atoms with Gasteiger partial charge in [0, 0.05) is 56.4 Å². The number of hydrogen-bond donors (Lipinski definition) is 1. The van der Waals surface area contributed by atoms with Gasteiger partial charge in [-0.05, 0) is 37.6 Å². The van der Waals surface area contributed by atoms with Gasteiger partial charge in [-0.15, -0.1) is 0 Å². The van der Waals surface area contributed by atoms with Gasteiger partial charge in [0.15, 0.2) is 0 Å². The second-order valence-electron chi connectivity index (χ2n) is 8.36. The van der Waals surface area contributed by atoms with E-state index < -0.39 is 5.63 Å². The van der Waals surface area contributed by atoms with E-state index in [4.69, 9.17) is 16.0 Å². The molecule has 2 aromatic rings. The summed E-state index contributed by atoms with van der Waals surface area (Å²) in [5, 5.41) is 11.6. The molecule has 0 aliphatic carbocycles. The van der Waals surface area contributed by atoms with E-state index in [0.29, 0.717) is 24.2 Å². The number of nitrogens with zero attached hydrogens (tertiary/aromatic N) is 3. The van der Waals surface area contributed by atoms with Crippen LogP contribution in [0.2, 0.25) is 5.02 Å². The molecule has 1 N–H and O–H groups in total. The van der Waals surface area contributed by atoms with Gasteiger partial charge in [0.25, 0.3) is 0 Å². The SMILES string of the molecule is O=c1occ(CN2CCCCC2)c(O)c1CN1CCN(Cc2ccccc2Cl)CC1. The molecule has 0 atom stereocenters. The first-order chi connectivity index (χ1) is 14.6. The second-order valence-corrected chi connectivity index (χ2v) is 8.76. The van der Waals surface area contributed by atoms with Crippen LogP contribution < -0.4 is 5.63 Å². The molecule has 2 aliphatic rings. The van der Waals surface area contributed by atoms with E-state index >= 15 is 0 Å². The lowest BCUT2D eigenvalue weighted by Crippen LogP contribution is -2.45. The molecule has 30 heavy (non-hydrogen) atoms. The molecule has 1 aromatic heterocycles. The van der Waals surface area contributed by atoms with E-state index in [1.54, 1.807) is 0 Å². The molecule has 0 saturated carbocycles. The Hall–Kier alpha value is -1.86. The van der Waals surface area contributed by atoms with E-state index in [2.05, 4.69) is 20.8 Å². The molecule has 7 heteroatoms. The van der Waals surface area contributed by atoms with Crippen molar-refractivity contribution in [2.24, 2.45) is 0 Å². The molecule has 0 radical (unpaired) electrons. The largest absolute Gasteiger partial charge is 0.507 e. The van der Waals surface area contributed by atoms with Gasteiger partial charge in [0.2, 0.25) is 0 Å². The quantitative estimate of drug-likeness (QED) is 0.757. The average molecular weight is 432 g/mol. The zero-order chi connectivity index (χ0) is 20.9. The van der Waals surface area contributed by atoms with Crippen LogP contribution in [0.3, 0.4) is 0 Å². The third-order valence-electron chi connectivity index (χ3n) is 6.19. The van der Waals surface area contributed by atoms with Crippen LogP contribution in [-0.2, 0) is 19.6 Å². The van der Waals surface area contributed by atoms with Crippen molar-refractivity contribution in [1.82, 2.24) is 14.7 Å². The summed E-state index contributed by atoms with van der Waals surface area (Å²) in [5.41, 5.74) is 1.79. The highest BCUT2D eigenvalue weighted by Gasteiger charge is 2.23. The normalized spacial score (nSPS) is 19.2. The van der Waals surface area contributed by atoms with Crippen molar-refractivity contribution in [1.29, 1.82) is 0 Å². The zero-order valence-corrected chi connectivity index (χ0v) is 18.1. The van der Waals surface area contributed by atoms with Crippen LogP contribution >= 0.6 is 11.6 Å². The summed E-state index contributed by atoms with van der Waals surface area (Å²) >= 11 is 6.29. The maximum absolute atomic E-state index is 12.3. The Morgan fingerprint density at radius 1 is 0.833 bits per heavy atom. The fraction of sp³-hybridized carbons (Fsp3) is 0.522. The van der Waals surface area contributed by atoms with Gasteiger partial charge in [-0.25, -0.2) is 4.79 Å². The number of likely N-dealkylation sites (tertiary alicyclic amines) is 1. The lowest BCUT2D eigenvalue weighted by Gasteiger charge is -2.34. The molecule has 2 fully saturated rings. The van der Waals surface area contributed by atoms with Crippen molar-refractivity contribution in [3.05, 3.63) is 62.7 Å². The second kappa shape index (κ2) is 9.96. The first-order valence-electron chi connectivity index (χ1n) is 10.8. The minimum absolute atomic E-state index is 0.107.